The van der Waals surface area contributed by atoms with Gasteiger partial charge in [-0.3, -0.25) is 10.3 Å². The number of piperidine rings is 1. The number of nitrogens with one attached hydrogen (secondary N) is 1. The first-order valence-corrected chi connectivity index (χ1v) is 6.15. The predicted octanol–water partition coefficient (Wildman–Crippen LogP) is 1.03. The number of carbonyl (C=O) groups is 1. The van der Waals surface area contributed by atoms with Gasteiger partial charge in [0.2, 0.25) is 0 Å². The second-order valence-corrected chi connectivity index (χ2v) is 4.67. The standard InChI is InChI=1S/C12H19N5O/c1-16-7-3-10(4-8-16)17(2)12(18)15-11-9-13-5-6-14-11/h5-6,9-10H,3-4,7-8H2,1-2H3,(H,14,15,18). The Kier molecular flexibility index (Phi) is 4.09. The number of carbonyl (C=O) groups excluding carboxylic acids is 1. The first-order valence-electron chi connectivity index (χ1n) is 6.15. The van der Waals surface area contributed by atoms with Gasteiger partial charge in [-0.2, -0.15) is 0 Å². The number of amides is 2. The fraction of sp³-hybridized carbons (Fsp3) is 0.583. The maximum Gasteiger partial charge on any atom is 0.323 e. The minimum atomic E-state index is -0.120. The Labute approximate surface area is 107 Å². The molecule has 6 nitrogen and oxygen atoms in total. The molecule has 0 atom stereocenters. The van der Waals surface area contributed by atoms with Crippen molar-refractivity contribution in [1.29, 1.82) is 0 Å². The van der Waals surface area contributed by atoms with Gasteiger partial charge in [0, 0.05) is 25.5 Å². The van der Waals surface area contributed by atoms with E-state index in [1.807, 2.05) is 7.05 Å². The molecule has 0 bridgehead atoms. The van der Waals surface area contributed by atoms with E-state index in [4.69, 9.17) is 0 Å². The Morgan fingerprint density at radius 1 is 1.44 bits per heavy atom. The van der Waals surface area contributed by atoms with E-state index in [1.165, 1.54) is 0 Å². The van der Waals surface area contributed by atoms with Gasteiger partial charge in [-0.05, 0) is 33.0 Å². The quantitative estimate of drug-likeness (QED) is 0.850. The number of anilines is 1. The van der Waals surface area contributed by atoms with E-state index >= 15 is 0 Å². The van der Waals surface area contributed by atoms with Crippen LogP contribution in [-0.2, 0) is 0 Å². The molecular formula is C12H19N5O. The second kappa shape index (κ2) is 5.77. The van der Waals surface area contributed by atoms with Crippen LogP contribution in [-0.4, -0.2) is 59.0 Å². The van der Waals surface area contributed by atoms with Crippen molar-refractivity contribution >= 4 is 11.8 Å². The molecule has 0 aliphatic carbocycles. The van der Waals surface area contributed by atoms with Crippen molar-refractivity contribution in [3.05, 3.63) is 18.6 Å². The van der Waals surface area contributed by atoms with Crippen molar-refractivity contribution in [2.45, 2.75) is 18.9 Å². The van der Waals surface area contributed by atoms with Crippen LogP contribution < -0.4 is 5.32 Å². The number of urea groups is 1. The maximum atomic E-state index is 12.0. The number of hydrogen-bond donors (Lipinski definition) is 1. The summed E-state index contributed by atoms with van der Waals surface area (Å²) in [6, 6.07) is 0.183. The van der Waals surface area contributed by atoms with E-state index < -0.39 is 0 Å². The second-order valence-electron chi connectivity index (χ2n) is 4.67. The first-order chi connectivity index (χ1) is 8.66. The Morgan fingerprint density at radius 3 is 2.78 bits per heavy atom. The van der Waals surface area contributed by atoms with Crippen molar-refractivity contribution in [3.63, 3.8) is 0 Å². The fourth-order valence-electron chi connectivity index (χ4n) is 2.11. The lowest BCUT2D eigenvalue weighted by molar-refractivity contribution is 0.156. The lowest BCUT2D eigenvalue weighted by Crippen LogP contribution is -2.46. The van der Waals surface area contributed by atoms with Gasteiger partial charge in [0.05, 0.1) is 6.20 Å². The van der Waals surface area contributed by atoms with Crippen LogP contribution in [0.5, 0.6) is 0 Å². The summed E-state index contributed by atoms with van der Waals surface area (Å²) in [5, 5.41) is 2.75. The molecule has 0 radical (unpaired) electrons. The van der Waals surface area contributed by atoms with Crippen molar-refractivity contribution in [2.75, 3.05) is 32.5 Å². The lowest BCUT2D eigenvalue weighted by atomic mass is 10.0. The SMILES string of the molecule is CN1CCC(N(C)C(=O)Nc2cnccn2)CC1. The van der Waals surface area contributed by atoms with E-state index in [9.17, 15) is 4.79 Å². The molecule has 98 valence electrons. The van der Waals surface area contributed by atoms with Gasteiger partial charge in [-0.1, -0.05) is 0 Å². The minimum absolute atomic E-state index is 0.120. The molecule has 0 spiro atoms. The zero-order chi connectivity index (χ0) is 13.0. The molecule has 0 saturated carbocycles. The van der Waals surface area contributed by atoms with Crippen molar-refractivity contribution in [3.8, 4) is 0 Å². The van der Waals surface area contributed by atoms with Crippen LogP contribution in [0, 0.1) is 0 Å². The average molecular weight is 249 g/mol. The first kappa shape index (κ1) is 12.8. The van der Waals surface area contributed by atoms with Gasteiger partial charge in [0.25, 0.3) is 0 Å². The van der Waals surface area contributed by atoms with Gasteiger partial charge >= 0.3 is 6.03 Å². The molecule has 6 heteroatoms. The molecule has 1 aromatic rings. The topological polar surface area (TPSA) is 61.4 Å². The van der Waals surface area contributed by atoms with Crippen LogP contribution in [0.1, 0.15) is 12.8 Å². The summed E-state index contributed by atoms with van der Waals surface area (Å²) in [6.07, 6.45) is 6.71. The molecule has 1 aliphatic heterocycles. The summed E-state index contributed by atoms with van der Waals surface area (Å²) in [7, 11) is 3.94. The summed E-state index contributed by atoms with van der Waals surface area (Å²) < 4.78 is 0. The molecule has 1 N–H and O–H groups in total. The van der Waals surface area contributed by atoms with Crippen molar-refractivity contribution in [2.24, 2.45) is 0 Å². The largest absolute Gasteiger partial charge is 0.324 e. The molecule has 2 amide bonds. The zero-order valence-electron chi connectivity index (χ0n) is 10.8. The Hall–Kier alpha value is -1.69. The summed E-state index contributed by atoms with van der Waals surface area (Å²) >= 11 is 0. The summed E-state index contributed by atoms with van der Waals surface area (Å²) in [5.41, 5.74) is 0. The number of aromatic nitrogens is 2. The van der Waals surface area contributed by atoms with Crippen LogP contribution >= 0.6 is 0 Å². The van der Waals surface area contributed by atoms with Gasteiger partial charge in [0.1, 0.15) is 0 Å². The summed E-state index contributed by atoms with van der Waals surface area (Å²) in [5.74, 6) is 0.488. The predicted molar refractivity (Wildman–Crippen MR) is 69.3 cm³/mol. The third kappa shape index (κ3) is 3.16. The molecule has 1 aliphatic rings. The van der Waals surface area contributed by atoms with E-state index in [1.54, 1.807) is 23.5 Å². The molecular weight excluding hydrogens is 230 g/mol. The maximum absolute atomic E-state index is 12.0. The molecule has 0 unspecified atom stereocenters. The monoisotopic (exact) mass is 249 g/mol. The normalized spacial score (nSPS) is 17.4. The minimum Gasteiger partial charge on any atom is -0.324 e. The zero-order valence-corrected chi connectivity index (χ0v) is 10.8. The van der Waals surface area contributed by atoms with Crippen LogP contribution in [0.25, 0.3) is 0 Å². The number of hydrogen-bond acceptors (Lipinski definition) is 4. The van der Waals surface area contributed by atoms with E-state index in [0.29, 0.717) is 11.9 Å². The molecule has 1 saturated heterocycles. The van der Waals surface area contributed by atoms with Crippen LogP contribution in [0.2, 0.25) is 0 Å². The Balaban J connectivity index is 1.89. The molecule has 0 aromatic carbocycles. The average Bonchev–Trinajstić information content (AvgIpc) is 2.40. The van der Waals surface area contributed by atoms with Crippen molar-refractivity contribution in [1.82, 2.24) is 19.8 Å². The Bertz CT molecular complexity index is 389. The molecule has 1 aromatic heterocycles. The van der Waals surface area contributed by atoms with E-state index in [2.05, 4.69) is 27.2 Å². The highest BCUT2D eigenvalue weighted by Crippen LogP contribution is 2.14. The molecule has 2 rings (SSSR count). The number of nitrogens with zero attached hydrogens (tertiary/aromatic N) is 4. The van der Waals surface area contributed by atoms with Crippen molar-refractivity contribution < 1.29 is 4.79 Å². The highest BCUT2D eigenvalue weighted by Gasteiger charge is 2.23. The Morgan fingerprint density at radius 2 is 2.17 bits per heavy atom. The molecule has 1 fully saturated rings. The lowest BCUT2D eigenvalue weighted by Gasteiger charge is -2.34. The summed E-state index contributed by atoms with van der Waals surface area (Å²) in [6.45, 7) is 2.07. The molecule has 2 heterocycles. The van der Waals surface area contributed by atoms with E-state index in [0.717, 1.165) is 25.9 Å². The highest BCUT2D eigenvalue weighted by atomic mass is 16.2. The van der Waals surface area contributed by atoms with E-state index in [-0.39, 0.29) is 6.03 Å². The van der Waals surface area contributed by atoms with Gasteiger partial charge < -0.3 is 9.80 Å². The third-order valence-electron chi connectivity index (χ3n) is 3.35. The molecule has 18 heavy (non-hydrogen) atoms. The third-order valence-corrected chi connectivity index (χ3v) is 3.35. The number of likely N-dealkylation sites (tertiary alicyclic amines) is 1. The fourth-order valence-corrected chi connectivity index (χ4v) is 2.11. The number of rotatable bonds is 2. The van der Waals surface area contributed by atoms with Crippen LogP contribution in [0.15, 0.2) is 18.6 Å². The smallest absolute Gasteiger partial charge is 0.323 e. The summed E-state index contributed by atoms with van der Waals surface area (Å²) in [4.78, 5) is 24.0. The van der Waals surface area contributed by atoms with Crippen LogP contribution in [0.4, 0.5) is 10.6 Å². The van der Waals surface area contributed by atoms with Gasteiger partial charge in [0.15, 0.2) is 5.82 Å². The van der Waals surface area contributed by atoms with Crippen LogP contribution in [0.3, 0.4) is 0 Å². The van der Waals surface area contributed by atoms with Gasteiger partial charge in [-0.15, -0.1) is 0 Å². The van der Waals surface area contributed by atoms with Gasteiger partial charge in [-0.25, -0.2) is 9.78 Å². The highest BCUT2D eigenvalue weighted by molar-refractivity contribution is 5.88.